The maximum Gasteiger partial charge on any atom is 0.125 e. The average molecular weight is 414 g/mol. The van der Waals surface area contributed by atoms with Crippen molar-refractivity contribution in [3.05, 3.63) is 71.2 Å². The SMILES string of the molecule is Cc1ncc(C)c(-c2ccc3nc(Cc4cc(CN5CCNCC5)ccn4)[nH]c3c2)n1. The molecule has 1 aromatic carbocycles. The molecule has 0 unspecified atom stereocenters. The largest absolute Gasteiger partial charge is 0.342 e. The first-order valence-corrected chi connectivity index (χ1v) is 10.8. The van der Waals surface area contributed by atoms with Gasteiger partial charge in [0, 0.05) is 62.8 Å². The van der Waals surface area contributed by atoms with Gasteiger partial charge in [-0.25, -0.2) is 15.0 Å². The zero-order chi connectivity index (χ0) is 21.2. The Morgan fingerprint density at radius 3 is 2.74 bits per heavy atom. The van der Waals surface area contributed by atoms with Gasteiger partial charge in [-0.1, -0.05) is 6.07 Å². The Labute approximate surface area is 182 Å². The van der Waals surface area contributed by atoms with Gasteiger partial charge in [0.15, 0.2) is 0 Å². The summed E-state index contributed by atoms with van der Waals surface area (Å²) >= 11 is 0. The minimum absolute atomic E-state index is 0.686. The van der Waals surface area contributed by atoms with Gasteiger partial charge < -0.3 is 10.3 Å². The minimum atomic E-state index is 0.686. The summed E-state index contributed by atoms with van der Waals surface area (Å²) in [5.74, 6) is 1.70. The Morgan fingerprint density at radius 2 is 1.87 bits per heavy atom. The number of rotatable bonds is 5. The van der Waals surface area contributed by atoms with E-state index in [1.807, 2.05) is 26.2 Å². The first kappa shape index (κ1) is 19.8. The molecule has 31 heavy (non-hydrogen) atoms. The van der Waals surface area contributed by atoms with Gasteiger partial charge in [0.1, 0.15) is 11.6 Å². The molecule has 4 heterocycles. The second kappa shape index (κ2) is 8.53. The van der Waals surface area contributed by atoms with Crippen molar-refractivity contribution in [3.8, 4) is 11.3 Å². The summed E-state index contributed by atoms with van der Waals surface area (Å²) in [6.07, 6.45) is 4.47. The number of piperazine rings is 1. The van der Waals surface area contributed by atoms with Crippen LogP contribution in [-0.2, 0) is 13.0 Å². The molecule has 0 saturated carbocycles. The van der Waals surface area contributed by atoms with Crippen LogP contribution in [0.4, 0.5) is 0 Å². The number of pyridine rings is 1. The zero-order valence-electron chi connectivity index (χ0n) is 18.0. The van der Waals surface area contributed by atoms with Gasteiger partial charge in [0.25, 0.3) is 0 Å². The van der Waals surface area contributed by atoms with Crippen molar-refractivity contribution in [2.75, 3.05) is 26.2 Å². The first-order chi connectivity index (χ1) is 15.1. The van der Waals surface area contributed by atoms with Crippen molar-refractivity contribution >= 4 is 11.0 Å². The van der Waals surface area contributed by atoms with Crippen LogP contribution in [0.2, 0.25) is 0 Å². The Bertz CT molecular complexity index is 1210. The highest BCUT2D eigenvalue weighted by Crippen LogP contribution is 2.25. The molecular formula is C24H27N7. The predicted molar refractivity (Wildman–Crippen MR) is 122 cm³/mol. The third-order valence-corrected chi connectivity index (χ3v) is 5.74. The maximum atomic E-state index is 4.78. The number of hydrogen-bond donors (Lipinski definition) is 2. The highest BCUT2D eigenvalue weighted by molar-refractivity contribution is 5.81. The van der Waals surface area contributed by atoms with Gasteiger partial charge in [0.05, 0.1) is 16.7 Å². The van der Waals surface area contributed by atoms with E-state index < -0.39 is 0 Å². The van der Waals surface area contributed by atoms with Crippen LogP contribution in [0, 0.1) is 13.8 Å². The normalized spacial score (nSPS) is 14.9. The van der Waals surface area contributed by atoms with Gasteiger partial charge in [-0.05, 0) is 49.2 Å². The maximum absolute atomic E-state index is 4.78. The number of nitrogens with one attached hydrogen (secondary N) is 2. The fourth-order valence-corrected chi connectivity index (χ4v) is 4.14. The van der Waals surface area contributed by atoms with Crippen molar-refractivity contribution in [2.45, 2.75) is 26.8 Å². The van der Waals surface area contributed by atoms with Gasteiger partial charge in [-0.15, -0.1) is 0 Å². The molecule has 5 rings (SSSR count). The Hall–Kier alpha value is -3.16. The Kier molecular flexibility index (Phi) is 5.44. The molecular weight excluding hydrogens is 386 g/mol. The number of aromatic nitrogens is 5. The number of nitrogens with zero attached hydrogens (tertiary/aromatic N) is 5. The van der Waals surface area contributed by atoms with Crippen LogP contribution in [0.1, 0.15) is 28.5 Å². The second-order valence-electron chi connectivity index (χ2n) is 8.22. The first-order valence-electron chi connectivity index (χ1n) is 10.8. The molecule has 4 aromatic rings. The van der Waals surface area contributed by atoms with E-state index in [0.29, 0.717) is 6.42 Å². The molecule has 0 radical (unpaired) electrons. The number of aromatic amines is 1. The summed E-state index contributed by atoms with van der Waals surface area (Å²) in [6, 6.07) is 10.6. The van der Waals surface area contributed by atoms with E-state index in [9.17, 15) is 0 Å². The Morgan fingerprint density at radius 1 is 1.00 bits per heavy atom. The monoisotopic (exact) mass is 413 g/mol. The van der Waals surface area contributed by atoms with E-state index in [4.69, 9.17) is 4.98 Å². The third-order valence-electron chi connectivity index (χ3n) is 5.74. The van der Waals surface area contributed by atoms with Crippen molar-refractivity contribution < 1.29 is 0 Å². The molecule has 0 amide bonds. The number of fused-ring (bicyclic) bond motifs is 1. The van der Waals surface area contributed by atoms with Crippen LogP contribution < -0.4 is 5.32 Å². The summed E-state index contributed by atoms with van der Waals surface area (Å²) < 4.78 is 0. The van der Waals surface area contributed by atoms with E-state index in [1.165, 1.54) is 5.56 Å². The van der Waals surface area contributed by atoms with Crippen molar-refractivity contribution in [1.29, 1.82) is 0 Å². The third kappa shape index (κ3) is 4.47. The number of aryl methyl sites for hydroxylation is 2. The van der Waals surface area contributed by atoms with E-state index in [2.05, 4.69) is 60.5 Å². The number of hydrogen-bond acceptors (Lipinski definition) is 6. The summed E-state index contributed by atoms with van der Waals surface area (Å²) in [4.78, 5) is 24.2. The summed E-state index contributed by atoms with van der Waals surface area (Å²) in [6.45, 7) is 9.23. The summed E-state index contributed by atoms with van der Waals surface area (Å²) in [5.41, 5.74) is 7.42. The fourth-order valence-electron chi connectivity index (χ4n) is 4.14. The molecule has 7 nitrogen and oxygen atoms in total. The summed E-state index contributed by atoms with van der Waals surface area (Å²) in [7, 11) is 0. The number of H-pyrrole nitrogens is 1. The van der Waals surface area contributed by atoms with Gasteiger partial charge >= 0.3 is 0 Å². The highest BCUT2D eigenvalue weighted by atomic mass is 15.2. The molecule has 0 aliphatic carbocycles. The van der Waals surface area contributed by atoms with Gasteiger partial charge in [-0.3, -0.25) is 9.88 Å². The number of imidazole rings is 1. The highest BCUT2D eigenvalue weighted by Gasteiger charge is 2.12. The van der Waals surface area contributed by atoms with Crippen LogP contribution in [-0.4, -0.2) is 56.0 Å². The fraction of sp³-hybridized carbons (Fsp3) is 0.333. The van der Waals surface area contributed by atoms with E-state index in [0.717, 1.165) is 77.9 Å². The molecule has 2 N–H and O–H groups in total. The molecule has 1 aliphatic heterocycles. The predicted octanol–water partition coefficient (Wildman–Crippen LogP) is 3.03. The summed E-state index contributed by atoms with van der Waals surface area (Å²) in [5, 5.41) is 3.40. The van der Waals surface area contributed by atoms with Crippen molar-refractivity contribution in [3.63, 3.8) is 0 Å². The lowest BCUT2D eigenvalue weighted by atomic mass is 10.1. The van der Waals surface area contributed by atoms with Gasteiger partial charge in [-0.2, -0.15) is 0 Å². The minimum Gasteiger partial charge on any atom is -0.342 e. The topological polar surface area (TPSA) is 82.6 Å². The van der Waals surface area contributed by atoms with Crippen molar-refractivity contribution in [2.24, 2.45) is 0 Å². The quantitative estimate of drug-likeness (QED) is 0.523. The lowest BCUT2D eigenvalue weighted by molar-refractivity contribution is 0.233. The molecule has 0 atom stereocenters. The molecule has 0 spiro atoms. The van der Waals surface area contributed by atoms with Crippen LogP contribution in [0.15, 0.2) is 42.7 Å². The molecule has 1 saturated heterocycles. The van der Waals surface area contributed by atoms with Crippen LogP contribution in [0.5, 0.6) is 0 Å². The molecule has 3 aromatic heterocycles. The second-order valence-corrected chi connectivity index (χ2v) is 8.22. The smallest absolute Gasteiger partial charge is 0.125 e. The van der Waals surface area contributed by atoms with E-state index in [-0.39, 0.29) is 0 Å². The zero-order valence-corrected chi connectivity index (χ0v) is 18.0. The average Bonchev–Trinajstić information content (AvgIpc) is 3.18. The van der Waals surface area contributed by atoms with E-state index >= 15 is 0 Å². The number of benzene rings is 1. The lowest BCUT2D eigenvalue weighted by Gasteiger charge is -2.27. The van der Waals surface area contributed by atoms with Crippen molar-refractivity contribution in [1.82, 2.24) is 35.1 Å². The molecule has 0 bridgehead atoms. The molecule has 7 heteroatoms. The van der Waals surface area contributed by atoms with Crippen LogP contribution >= 0.6 is 0 Å². The van der Waals surface area contributed by atoms with Crippen LogP contribution in [0.3, 0.4) is 0 Å². The molecule has 1 fully saturated rings. The Balaban J connectivity index is 1.36. The standard InChI is InChI=1S/C24H27N7/c1-16-14-27-17(2)28-24(16)19-3-4-21-22(12-19)30-23(29-21)13-20-11-18(5-6-26-20)15-31-9-7-25-8-10-31/h3-6,11-12,14,25H,7-10,13,15H2,1-2H3,(H,29,30). The molecule has 1 aliphatic rings. The lowest BCUT2D eigenvalue weighted by Crippen LogP contribution is -2.42. The van der Waals surface area contributed by atoms with E-state index in [1.54, 1.807) is 0 Å². The van der Waals surface area contributed by atoms with Crippen LogP contribution in [0.25, 0.3) is 22.3 Å². The van der Waals surface area contributed by atoms with Gasteiger partial charge in [0.2, 0.25) is 0 Å². The molecule has 158 valence electrons.